The molecule has 0 amide bonds. The third-order valence-electron chi connectivity index (χ3n) is 2.44. The fourth-order valence-corrected chi connectivity index (χ4v) is 4.13. The molecule has 0 radical (unpaired) electrons. The number of benzene rings is 1. The Morgan fingerprint density at radius 1 is 1.37 bits per heavy atom. The number of halogens is 1. The zero-order chi connectivity index (χ0) is 14.0. The van der Waals surface area contributed by atoms with Crippen molar-refractivity contribution in [2.45, 2.75) is 24.7 Å². The molecule has 0 saturated heterocycles. The van der Waals surface area contributed by atoms with E-state index in [0.29, 0.717) is 5.13 Å². The Balaban J connectivity index is 2.26. The molecule has 0 bridgehead atoms. The van der Waals surface area contributed by atoms with Crippen LogP contribution in [0, 0.1) is 0 Å². The van der Waals surface area contributed by atoms with E-state index in [1.165, 1.54) is 11.3 Å². The largest absolute Gasteiger partial charge is 0.263 e. The summed E-state index contributed by atoms with van der Waals surface area (Å²) in [6, 6.07) is 6.56. The highest BCUT2D eigenvalue weighted by Crippen LogP contribution is 2.24. The van der Waals surface area contributed by atoms with Gasteiger partial charge in [0, 0.05) is 9.85 Å². The Morgan fingerprint density at radius 2 is 2.11 bits per heavy atom. The molecular formula is C12H13BrN2O2S2. The van der Waals surface area contributed by atoms with Crippen LogP contribution in [-0.4, -0.2) is 13.4 Å². The maximum Gasteiger partial charge on any atom is 0.263 e. The van der Waals surface area contributed by atoms with Crippen LogP contribution in [-0.2, 0) is 10.0 Å². The first-order chi connectivity index (χ1) is 8.88. The summed E-state index contributed by atoms with van der Waals surface area (Å²) in [7, 11) is -3.58. The van der Waals surface area contributed by atoms with Crippen LogP contribution in [0.25, 0.3) is 0 Å². The molecule has 4 nitrogen and oxygen atoms in total. The molecule has 0 aliphatic carbocycles. The van der Waals surface area contributed by atoms with Crippen molar-refractivity contribution in [2.24, 2.45) is 0 Å². The highest BCUT2D eigenvalue weighted by molar-refractivity contribution is 9.10. The van der Waals surface area contributed by atoms with Crippen LogP contribution in [0.2, 0.25) is 0 Å². The molecule has 1 heterocycles. The minimum absolute atomic E-state index is 0.211. The van der Waals surface area contributed by atoms with Crippen molar-refractivity contribution < 1.29 is 8.42 Å². The number of hydrogen-bond acceptors (Lipinski definition) is 4. The van der Waals surface area contributed by atoms with Crippen molar-refractivity contribution in [1.29, 1.82) is 0 Å². The van der Waals surface area contributed by atoms with Crippen LogP contribution in [0.3, 0.4) is 0 Å². The Labute approximate surface area is 125 Å². The molecule has 1 aromatic heterocycles. The second-order valence-corrected chi connectivity index (χ2v) is 7.75. The van der Waals surface area contributed by atoms with Crippen LogP contribution in [0.4, 0.5) is 5.13 Å². The second kappa shape index (κ2) is 5.60. The molecular weight excluding hydrogens is 348 g/mol. The third-order valence-corrected chi connectivity index (χ3v) is 5.18. The minimum Gasteiger partial charge on any atom is -0.255 e. The lowest BCUT2D eigenvalue weighted by Gasteiger charge is -2.05. The normalized spacial score (nSPS) is 11.8. The molecule has 2 rings (SSSR count). The average molecular weight is 361 g/mol. The van der Waals surface area contributed by atoms with Gasteiger partial charge in [-0.05, 0) is 24.1 Å². The Morgan fingerprint density at radius 3 is 2.68 bits per heavy atom. The van der Waals surface area contributed by atoms with Gasteiger partial charge in [0.25, 0.3) is 10.0 Å². The summed E-state index contributed by atoms with van der Waals surface area (Å²) >= 11 is 4.55. The summed E-state index contributed by atoms with van der Waals surface area (Å²) < 4.78 is 27.6. The number of nitrogens with one attached hydrogen (secondary N) is 1. The summed E-state index contributed by atoms with van der Waals surface area (Å²) in [6.07, 6.45) is 0. The topological polar surface area (TPSA) is 59.1 Å². The van der Waals surface area contributed by atoms with Gasteiger partial charge in [0.1, 0.15) is 0 Å². The maximum absolute atomic E-state index is 12.2. The predicted octanol–water partition coefficient (Wildman–Crippen LogP) is 3.83. The summed E-state index contributed by atoms with van der Waals surface area (Å²) in [5.41, 5.74) is 0.886. The first-order valence-corrected chi connectivity index (χ1v) is 8.78. The molecule has 0 aliphatic heterocycles. The number of rotatable bonds is 4. The minimum atomic E-state index is -3.58. The van der Waals surface area contributed by atoms with Gasteiger partial charge in [-0.3, -0.25) is 4.72 Å². The molecule has 0 spiro atoms. The number of hydrogen-bond donors (Lipinski definition) is 1. The number of aromatic nitrogens is 1. The fourth-order valence-electron chi connectivity index (χ4n) is 1.41. The van der Waals surface area contributed by atoms with Crippen LogP contribution in [0.1, 0.15) is 25.5 Å². The van der Waals surface area contributed by atoms with Crippen molar-refractivity contribution in [3.8, 4) is 0 Å². The summed E-state index contributed by atoms with van der Waals surface area (Å²) in [5.74, 6) is 0.278. The van der Waals surface area contributed by atoms with Gasteiger partial charge >= 0.3 is 0 Å². The predicted molar refractivity (Wildman–Crippen MR) is 81.2 cm³/mol. The van der Waals surface area contributed by atoms with E-state index in [-0.39, 0.29) is 10.8 Å². The molecule has 1 N–H and O–H groups in total. The standard InChI is InChI=1S/C12H13BrN2O2S2/c1-8(2)11-7-18-12(14-11)15-19(16,17)10-5-3-4-9(13)6-10/h3-8H,1-2H3,(H,14,15). The van der Waals surface area contributed by atoms with Crippen molar-refractivity contribution in [2.75, 3.05) is 4.72 Å². The zero-order valence-electron chi connectivity index (χ0n) is 10.4. The van der Waals surface area contributed by atoms with E-state index in [9.17, 15) is 8.42 Å². The van der Waals surface area contributed by atoms with Gasteiger partial charge in [-0.25, -0.2) is 13.4 Å². The molecule has 0 saturated carbocycles. The molecule has 19 heavy (non-hydrogen) atoms. The van der Waals surface area contributed by atoms with E-state index in [4.69, 9.17) is 0 Å². The van der Waals surface area contributed by atoms with E-state index >= 15 is 0 Å². The van der Waals surface area contributed by atoms with Crippen molar-refractivity contribution in [3.63, 3.8) is 0 Å². The highest BCUT2D eigenvalue weighted by atomic mass is 79.9. The van der Waals surface area contributed by atoms with Crippen molar-refractivity contribution in [1.82, 2.24) is 4.98 Å². The summed E-state index contributed by atoms with van der Waals surface area (Å²) in [5, 5.41) is 2.26. The smallest absolute Gasteiger partial charge is 0.255 e. The molecule has 1 aromatic carbocycles. The van der Waals surface area contributed by atoms with Gasteiger partial charge in [0.05, 0.1) is 10.6 Å². The van der Waals surface area contributed by atoms with Crippen molar-refractivity contribution in [3.05, 3.63) is 39.8 Å². The quantitative estimate of drug-likeness (QED) is 0.900. The SMILES string of the molecule is CC(C)c1csc(NS(=O)(=O)c2cccc(Br)c2)n1. The first-order valence-electron chi connectivity index (χ1n) is 5.62. The fraction of sp³-hybridized carbons (Fsp3) is 0.250. The molecule has 0 atom stereocenters. The highest BCUT2D eigenvalue weighted by Gasteiger charge is 2.16. The van der Waals surface area contributed by atoms with E-state index in [0.717, 1.165) is 10.2 Å². The Kier molecular flexibility index (Phi) is 4.27. The summed E-state index contributed by atoms with van der Waals surface area (Å²) in [4.78, 5) is 4.47. The average Bonchev–Trinajstić information content (AvgIpc) is 2.77. The van der Waals surface area contributed by atoms with Gasteiger partial charge in [-0.15, -0.1) is 11.3 Å². The molecule has 2 aromatic rings. The molecule has 0 unspecified atom stereocenters. The van der Waals surface area contributed by atoms with Gasteiger partial charge < -0.3 is 0 Å². The number of sulfonamides is 1. The summed E-state index contributed by atoms with van der Waals surface area (Å²) in [6.45, 7) is 4.03. The number of anilines is 1. The van der Waals surface area contributed by atoms with Gasteiger partial charge in [0.2, 0.25) is 0 Å². The van der Waals surface area contributed by atoms with Crippen molar-refractivity contribution >= 4 is 42.4 Å². The van der Waals surface area contributed by atoms with Gasteiger partial charge in [-0.2, -0.15) is 0 Å². The van der Waals surface area contributed by atoms with E-state index in [1.54, 1.807) is 24.3 Å². The van der Waals surface area contributed by atoms with Crippen LogP contribution in [0.15, 0.2) is 39.0 Å². The van der Waals surface area contributed by atoms with Crippen LogP contribution >= 0.6 is 27.3 Å². The molecule has 0 fully saturated rings. The Hall–Kier alpha value is -0.920. The maximum atomic E-state index is 12.2. The lowest BCUT2D eigenvalue weighted by atomic mass is 10.2. The van der Waals surface area contributed by atoms with Gasteiger partial charge in [0.15, 0.2) is 5.13 Å². The first kappa shape index (κ1) is 14.5. The molecule has 7 heteroatoms. The monoisotopic (exact) mass is 360 g/mol. The second-order valence-electron chi connectivity index (χ2n) is 4.30. The van der Waals surface area contributed by atoms with Crippen LogP contribution in [0.5, 0.6) is 0 Å². The molecule has 0 aliphatic rings. The molecule has 102 valence electrons. The lowest BCUT2D eigenvalue weighted by molar-refractivity contribution is 0.601. The Bertz CT molecular complexity index is 681. The van der Waals surface area contributed by atoms with E-state index in [1.807, 2.05) is 19.2 Å². The lowest BCUT2D eigenvalue weighted by Crippen LogP contribution is -2.12. The van der Waals surface area contributed by atoms with Gasteiger partial charge in [-0.1, -0.05) is 35.8 Å². The number of thiazole rings is 1. The van der Waals surface area contributed by atoms with Crippen LogP contribution < -0.4 is 4.72 Å². The third kappa shape index (κ3) is 3.55. The van der Waals surface area contributed by atoms with E-state index < -0.39 is 10.0 Å². The van der Waals surface area contributed by atoms with E-state index in [2.05, 4.69) is 25.6 Å². The number of nitrogens with zero attached hydrogens (tertiary/aromatic N) is 1. The zero-order valence-corrected chi connectivity index (χ0v) is 13.6.